The van der Waals surface area contributed by atoms with E-state index in [2.05, 4.69) is 94.9 Å². The first-order chi connectivity index (χ1) is 28.8. The van der Waals surface area contributed by atoms with Crippen molar-refractivity contribution in [1.29, 1.82) is 0 Å². The van der Waals surface area contributed by atoms with E-state index in [9.17, 15) is 14.7 Å². The number of allylic oxidation sites excluding steroid dienone is 3. The molecular formula is C51H62N4O4. The Morgan fingerprint density at radius 3 is 2.54 bits per heavy atom. The van der Waals surface area contributed by atoms with Gasteiger partial charge in [-0.15, -0.1) is 0 Å². The molecule has 5 atom stereocenters. The maximum Gasteiger partial charge on any atom is 0.163 e. The van der Waals surface area contributed by atoms with Crippen molar-refractivity contribution in [1.82, 2.24) is 16.0 Å². The molecular weight excluding hydrogens is 733 g/mol. The molecule has 310 valence electrons. The summed E-state index contributed by atoms with van der Waals surface area (Å²) in [5.74, 6) is 2.05. The second-order valence-electron chi connectivity index (χ2n) is 16.8. The Balaban J connectivity index is 0.912. The van der Waals surface area contributed by atoms with E-state index in [4.69, 9.17) is 10.5 Å². The first kappa shape index (κ1) is 42.1. The Morgan fingerprint density at radius 2 is 1.71 bits per heavy atom. The number of Topliss-reactive ketones (excluding diaryl/α,β-unsaturated/α-hetero) is 1. The number of methoxy groups -OCH3 is 1. The van der Waals surface area contributed by atoms with Gasteiger partial charge >= 0.3 is 0 Å². The third kappa shape index (κ3) is 11.6. The number of aryl methyl sites for hydroxylation is 3. The van der Waals surface area contributed by atoms with Gasteiger partial charge in [-0.05, 0) is 144 Å². The molecule has 3 aromatic rings. The molecule has 7 rings (SSSR count). The lowest BCUT2D eigenvalue weighted by atomic mass is 9.65. The van der Waals surface area contributed by atoms with Gasteiger partial charge in [0, 0.05) is 31.8 Å². The molecule has 8 nitrogen and oxygen atoms in total. The van der Waals surface area contributed by atoms with Crippen LogP contribution in [-0.2, 0) is 35.3 Å². The van der Waals surface area contributed by atoms with Crippen LogP contribution in [0.3, 0.4) is 0 Å². The third-order valence-electron chi connectivity index (χ3n) is 12.7. The van der Waals surface area contributed by atoms with Crippen LogP contribution in [0, 0.1) is 17.8 Å². The van der Waals surface area contributed by atoms with E-state index in [0.717, 1.165) is 86.9 Å². The van der Waals surface area contributed by atoms with Crippen molar-refractivity contribution in [2.45, 2.75) is 89.3 Å². The molecule has 3 heterocycles. The van der Waals surface area contributed by atoms with Gasteiger partial charge in [-0.2, -0.15) is 0 Å². The summed E-state index contributed by atoms with van der Waals surface area (Å²) in [4.78, 5) is 26.0. The van der Waals surface area contributed by atoms with Crippen molar-refractivity contribution in [3.05, 3.63) is 148 Å². The van der Waals surface area contributed by atoms with E-state index in [-0.39, 0.29) is 29.9 Å². The van der Waals surface area contributed by atoms with Gasteiger partial charge in [-0.1, -0.05) is 91.7 Å². The van der Waals surface area contributed by atoms with E-state index in [1.165, 1.54) is 48.3 Å². The molecule has 0 amide bonds. The third-order valence-corrected chi connectivity index (χ3v) is 12.7. The van der Waals surface area contributed by atoms with Crippen molar-refractivity contribution < 1.29 is 19.4 Å². The zero-order valence-electron chi connectivity index (χ0n) is 34.6. The number of hydrogen-bond donors (Lipinski definition) is 5. The fourth-order valence-electron chi connectivity index (χ4n) is 9.59. The number of carbonyl (C=O) groups is 2. The fraction of sp³-hybridized carbons (Fsp3) is 0.412. The van der Waals surface area contributed by atoms with Gasteiger partial charge in [-0.25, -0.2) is 0 Å². The summed E-state index contributed by atoms with van der Waals surface area (Å²) in [5.41, 5.74) is 15.5. The molecule has 0 bridgehead atoms. The number of unbranched alkanes of at least 4 members (excludes halogenated alkanes) is 2. The number of fused-ring (bicyclic) bond motifs is 2. The lowest BCUT2D eigenvalue weighted by Gasteiger charge is -2.46. The van der Waals surface area contributed by atoms with Crippen LogP contribution in [0.25, 0.3) is 6.08 Å². The molecule has 8 heteroatoms. The Bertz CT molecular complexity index is 2080. The second-order valence-corrected chi connectivity index (χ2v) is 16.8. The van der Waals surface area contributed by atoms with E-state index < -0.39 is 0 Å². The molecule has 0 spiro atoms. The molecule has 1 aliphatic carbocycles. The molecule has 6 N–H and O–H groups in total. The van der Waals surface area contributed by atoms with Crippen molar-refractivity contribution in [3.63, 3.8) is 0 Å². The van der Waals surface area contributed by atoms with Crippen molar-refractivity contribution >= 4 is 17.6 Å². The number of nitrogens with two attached hydrogens (primary N) is 1. The van der Waals surface area contributed by atoms with Crippen LogP contribution >= 0.6 is 0 Å². The average Bonchev–Trinajstić information content (AvgIpc) is 3.25. The number of phenolic OH excluding ortho intramolecular Hbond substituents is 1. The number of dihydropyridines is 1. The van der Waals surface area contributed by atoms with Gasteiger partial charge in [0.05, 0.1) is 19.7 Å². The molecule has 0 aromatic heterocycles. The molecule has 3 aromatic carbocycles. The molecule has 0 radical (unpaired) electrons. The number of phenols is 1. The summed E-state index contributed by atoms with van der Waals surface area (Å²) in [7, 11) is 1.51. The first-order valence-corrected chi connectivity index (χ1v) is 21.8. The average molecular weight is 795 g/mol. The van der Waals surface area contributed by atoms with Crippen molar-refractivity contribution in [3.8, 4) is 11.5 Å². The second kappa shape index (κ2) is 20.8. The van der Waals surface area contributed by atoms with Crippen LogP contribution < -0.4 is 26.4 Å². The van der Waals surface area contributed by atoms with Crippen LogP contribution in [0.15, 0.2) is 120 Å². The smallest absolute Gasteiger partial charge is 0.163 e. The van der Waals surface area contributed by atoms with Crippen LogP contribution in [0.5, 0.6) is 11.5 Å². The maximum atomic E-state index is 13.1. The SMILES string of the molecule is COc1cc(/C=C/C(=O)CC(=O)CCCCC[C@@H]2[C@@H]3CCNC[C@@H]3C=C3C=CCN[C@H]32)c(CC2=CNC(N)C=C2CCc2cccc(CCc3ccccc3)c2)cc1O. The number of piperidine rings is 1. The maximum absolute atomic E-state index is 13.1. The van der Waals surface area contributed by atoms with Crippen LogP contribution in [0.1, 0.15) is 79.2 Å². The minimum Gasteiger partial charge on any atom is -0.504 e. The minimum atomic E-state index is -0.291. The standard InChI is InChI=1S/C51H62N4O4/c1-59-49-30-38(21-22-45(57)32-44(56)15-6-3-7-16-47-46-23-25-53-33-43(46)27-40-14-9-24-54-51(40)47)41(29-48(49)58)28-42-34-55-50(52)31-39(42)20-19-37-13-8-12-36(26-37)18-17-35-10-4-2-5-11-35/h2,4-5,8-14,21-22,26-27,29-31,34,43,46-47,50-51,53-55,58H,3,6-7,15-20,23-25,28,32-33,52H2,1H3/b22-21+/t43-,46+,47+,50?,51+/m0/s1. The number of hydrogen-bond acceptors (Lipinski definition) is 8. The van der Waals surface area contributed by atoms with Crippen LogP contribution in [-0.4, -0.2) is 55.6 Å². The number of benzene rings is 3. The fourth-order valence-corrected chi connectivity index (χ4v) is 9.59. The highest BCUT2D eigenvalue weighted by atomic mass is 16.5. The summed E-state index contributed by atoms with van der Waals surface area (Å²) in [5, 5.41) is 21.4. The molecule has 1 unspecified atom stereocenters. The first-order valence-electron chi connectivity index (χ1n) is 21.8. The van der Waals surface area contributed by atoms with Gasteiger partial charge in [0.25, 0.3) is 0 Å². The molecule has 3 aliphatic heterocycles. The van der Waals surface area contributed by atoms with Crippen molar-refractivity contribution in [2.24, 2.45) is 23.5 Å². The highest BCUT2D eigenvalue weighted by molar-refractivity contribution is 6.06. The van der Waals surface area contributed by atoms with Gasteiger partial charge in [0.2, 0.25) is 0 Å². The topological polar surface area (TPSA) is 126 Å². The zero-order chi connectivity index (χ0) is 41.0. The Morgan fingerprint density at radius 1 is 0.915 bits per heavy atom. The van der Waals surface area contributed by atoms with Gasteiger partial charge in [-0.3, -0.25) is 9.59 Å². The molecule has 59 heavy (non-hydrogen) atoms. The zero-order valence-corrected chi connectivity index (χ0v) is 34.6. The van der Waals surface area contributed by atoms with Crippen molar-refractivity contribution in [2.75, 3.05) is 26.7 Å². The Labute approximate surface area is 350 Å². The Hall–Kier alpha value is -5.02. The highest BCUT2D eigenvalue weighted by Gasteiger charge is 2.40. The minimum absolute atomic E-state index is 0.0187. The summed E-state index contributed by atoms with van der Waals surface area (Å²) in [6.07, 6.45) is 23.8. The van der Waals surface area contributed by atoms with Crippen LogP contribution in [0.2, 0.25) is 0 Å². The summed E-state index contributed by atoms with van der Waals surface area (Å²) < 4.78 is 5.44. The van der Waals surface area contributed by atoms with Crippen LogP contribution in [0.4, 0.5) is 0 Å². The van der Waals surface area contributed by atoms with Gasteiger partial charge in [0.1, 0.15) is 5.78 Å². The largest absolute Gasteiger partial charge is 0.504 e. The Kier molecular flexibility index (Phi) is 14.8. The van der Waals surface area contributed by atoms with E-state index in [1.807, 2.05) is 6.20 Å². The normalized spacial score (nSPS) is 22.4. The van der Waals surface area contributed by atoms with E-state index >= 15 is 0 Å². The molecule has 4 aliphatic rings. The van der Waals surface area contributed by atoms with E-state index in [0.29, 0.717) is 42.4 Å². The summed E-state index contributed by atoms with van der Waals surface area (Å²) >= 11 is 0. The lowest BCUT2D eigenvalue weighted by molar-refractivity contribution is -0.124. The summed E-state index contributed by atoms with van der Waals surface area (Å²) in [6.45, 7) is 3.10. The monoisotopic (exact) mass is 794 g/mol. The number of carbonyl (C=O) groups excluding carboxylic acids is 2. The van der Waals surface area contributed by atoms with Gasteiger partial charge in [0.15, 0.2) is 17.3 Å². The molecule has 1 saturated heterocycles. The van der Waals surface area contributed by atoms with Gasteiger partial charge < -0.3 is 31.5 Å². The molecule has 0 saturated carbocycles. The predicted molar refractivity (Wildman–Crippen MR) is 238 cm³/mol. The number of nitrogens with one attached hydrogen (secondary N) is 3. The number of ether oxygens (including phenoxy) is 1. The quantitative estimate of drug-likeness (QED) is 0.0472. The predicted octanol–water partition coefficient (Wildman–Crippen LogP) is 7.86. The number of aromatic hydroxyl groups is 1. The lowest BCUT2D eigenvalue weighted by Crippen LogP contribution is -2.51. The number of rotatable bonds is 19. The molecule has 1 fully saturated rings. The number of ketones is 2. The highest BCUT2D eigenvalue weighted by Crippen LogP contribution is 2.41. The summed E-state index contributed by atoms with van der Waals surface area (Å²) in [6, 6.07) is 23.3. The van der Waals surface area contributed by atoms with E-state index in [1.54, 1.807) is 18.2 Å².